The number of rotatable bonds is 1. The molecule has 0 aliphatic carbocycles. The fourth-order valence-corrected chi connectivity index (χ4v) is 0.129. The van der Waals surface area contributed by atoms with Gasteiger partial charge in [0.25, 0.3) is 0 Å². The third-order valence-corrected chi connectivity index (χ3v) is 0.740. The Kier molecular flexibility index (Phi) is 2.46. The molecule has 2 nitrogen and oxygen atoms in total. The molecule has 0 aromatic rings. The largest absolute Gasteiger partial charge is 0.202 e. The standard InChI is InChI=1S/C4H11N2/c1-4-6(3)5-2/h4-5H,1-3H3/q+1/b6-4+. The van der Waals surface area contributed by atoms with Crippen molar-refractivity contribution in [3.8, 4) is 0 Å². The lowest BCUT2D eigenvalue weighted by atomic mass is 10.9. The molecule has 0 heterocycles. The minimum Gasteiger partial charge on any atom is -0.202 e. The third kappa shape index (κ3) is 1.76. The SMILES string of the molecule is C/C=[N+](\C)NC. The van der Waals surface area contributed by atoms with Crippen LogP contribution in [-0.4, -0.2) is 25.0 Å². The van der Waals surface area contributed by atoms with Crippen molar-refractivity contribution in [2.24, 2.45) is 0 Å². The van der Waals surface area contributed by atoms with Gasteiger partial charge >= 0.3 is 0 Å². The van der Waals surface area contributed by atoms with Crippen LogP contribution in [0.15, 0.2) is 0 Å². The quantitative estimate of drug-likeness (QED) is 0.267. The van der Waals surface area contributed by atoms with Crippen molar-refractivity contribution in [2.45, 2.75) is 6.92 Å². The van der Waals surface area contributed by atoms with Crippen LogP contribution in [0.3, 0.4) is 0 Å². The molecule has 0 amide bonds. The number of nitrogens with one attached hydrogen (secondary N) is 1. The van der Waals surface area contributed by atoms with Crippen LogP contribution in [0.5, 0.6) is 0 Å². The Balaban J connectivity index is 3.22. The summed E-state index contributed by atoms with van der Waals surface area (Å²) in [5.74, 6) is 0. The van der Waals surface area contributed by atoms with Gasteiger partial charge in [0.15, 0.2) is 13.3 Å². The molecule has 0 aliphatic heterocycles. The van der Waals surface area contributed by atoms with Crippen LogP contribution < -0.4 is 5.43 Å². The lowest BCUT2D eigenvalue weighted by Crippen LogP contribution is -2.19. The van der Waals surface area contributed by atoms with Gasteiger partial charge in [-0.2, -0.15) is 0 Å². The Hall–Kier alpha value is -0.530. The van der Waals surface area contributed by atoms with Gasteiger partial charge in [0.2, 0.25) is 0 Å². The molecule has 0 bridgehead atoms. The first kappa shape index (κ1) is 5.47. The van der Waals surface area contributed by atoms with E-state index in [1.807, 2.05) is 31.9 Å². The first-order valence-electron chi connectivity index (χ1n) is 2.01. The summed E-state index contributed by atoms with van der Waals surface area (Å²) in [6.07, 6.45) is 1.94. The summed E-state index contributed by atoms with van der Waals surface area (Å²) in [6, 6.07) is 0. The topological polar surface area (TPSA) is 15.0 Å². The Bertz CT molecular complexity index is 56.6. The van der Waals surface area contributed by atoms with Crippen molar-refractivity contribution in [1.82, 2.24) is 5.43 Å². The summed E-state index contributed by atoms with van der Waals surface area (Å²) in [6.45, 7) is 1.97. The maximum absolute atomic E-state index is 2.89. The molecule has 0 spiro atoms. The second-order valence-corrected chi connectivity index (χ2v) is 1.09. The zero-order valence-electron chi connectivity index (χ0n) is 4.52. The number of hydrazine groups is 1. The molecule has 0 aromatic carbocycles. The van der Waals surface area contributed by atoms with E-state index in [0.717, 1.165) is 0 Å². The van der Waals surface area contributed by atoms with Gasteiger partial charge in [0, 0.05) is 6.92 Å². The molecule has 6 heavy (non-hydrogen) atoms. The highest BCUT2D eigenvalue weighted by molar-refractivity contribution is 5.46. The van der Waals surface area contributed by atoms with Gasteiger partial charge < -0.3 is 0 Å². The second kappa shape index (κ2) is 2.69. The lowest BCUT2D eigenvalue weighted by molar-refractivity contribution is -0.550. The van der Waals surface area contributed by atoms with Crippen molar-refractivity contribution < 1.29 is 4.68 Å². The highest BCUT2D eigenvalue weighted by Gasteiger charge is 1.75. The monoisotopic (exact) mass is 87.1 g/mol. The van der Waals surface area contributed by atoms with E-state index in [9.17, 15) is 0 Å². The molecule has 1 N–H and O–H groups in total. The molecular weight excluding hydrogens is 76.1 g/mol. The maximum Gasteiger partial charge on any atom is 0.166 e. The highest BCUT2D eigenvalue weighted by Crippen LogP contribution is 1.44. The van der Waals surface area contributed by atoms with Gasteiger partial charge in [-0.25, -0.2) is 5.43 Å². The molecule has 0 aromatic heterocycles. The van der Waals surface area contributed by atoms with Crippen LogP contribution in [0.25, 0.3) is 0 Å². The average molecular weight is 87.1 g/mol. The van der Waals surface area contributed by atoms with Gasteiger partial charge in [-0.3, -0.25) is 0 Å². The van der Waals surface area contributed by atoms with Crippen molar-refractivity contribution in [3.63, 3.8) is 0 Å². The Morgan fingerprint density at radius 3 is 2.17 bits per heavy atom. The van der Waals surface area contributed by atoms with Crippen LogP contribution >= 0.6 is 0 Å². The van der Waals surface area contributed by atoms with Gasteiger partial charge in [-0.1, -0.05) is 0 Å². The van der Waals surface area contributed by atoms with E-state index in [0.29, 0.717) is 0 Å². The van der Waals surface area contributed by atoms with Gasteiger partial charge in [-0.05, 0) is 0 Å². The maximum atomic E-state index is 2.89. The summed E-state index contributed by atoms with van der Waals surface area (Å²) in [7, 11) is 3.82. The molecule has 36 valence electrons. The third-order valence-electron chi connectivity index (χ3n) is 0.740. The molecule has 0 saturated carbocycles. The van der Waals surface area contributed by atoms with E-state index in [4.69, 9.17) is 0 Å². The normalized spacial score (nSPS) is 11.5. The van der Waals surface area contributed by atoms with Crippen LogP contribution in [0.1, 0.15) is 6.92 Å². The zero-order valence-corrected chi connectivity index (χ0v) is 4.52. The molecule has 0 unspecified atom stereocenters. The van der Waals surface area contributed by atoms with Gasteiger partial charge in [-0.15, -0.1) is 4.68 Å². The number of nitrogens with zero attached hydrogens (tertiary/aromatic N) is 1. The van der Waals surface area contributed by atoms with Crippen LogP contribution in [0.2, 0.25) is 0 Å². The van der Waals surface area contributed by atoms with Crippen LogP contribution in [0.4, 0.5) is 0 Å². The van der Waals surface area contributed by atoms with E-state index in [1.165, 1.54) is 0 Å². The first-order valence-corrected chi connectivity index (χ1v) is 2.01. The summed E-state index contributed by atoms with van der Waals surface area (Å²) in [5, 5.41) is 0. The summed E-state index contributed by atoms with van der Waals surface area (Å²) < 4.78 is 1.88. The summed E-state index contributed by atoms with van der Waals surface area (Å²) >= 11 is 0. The summed E-state index contributed by atoms with van der Waals surface area (Å²) in [5.41, 5.74) is 2.89. The molecule has 0 saturated heterocycles. The predicted octanol–water partition coefficient (Wildman–Crippen LogP) is -0.146. The van der Waals surface area contributed by atoms with E-state index in [1.54, 1.807) is 0 Å². The highest BCUT2D eigenvalue weighted by atomic mass is 15.4. The second-order valence-electron chi connectivity index (χ2n) is 1.09. The molecule has 0 fully saturated rings. The molecular formula is C4H11N2+. The van der Waals surface area contributed by atoms with Gasteiger partial charge in [0.05, 0.1) is 7.05 Å². The zero-order chi connectivity index (χ0) is 4.99. The van der Waals surface area contributed by atoms with Crippen molar-refractivity contribution >= 4 is 6.21 Å². The Labute approximate surface area is 38.5 Å². The minimum absolute atomic E-state index is 1.88. The molecule has 0 atom stereocenters. The lowest BCUT2D eigenvalue weighted by Gasteiger charge is -1.85. The minimum atomic E-state index is 1.88. The van der Waals surface area contributed by atoms with Gasteiger partial charge in [0.1, 0.15) is 0 Å². The van der Waals surface area contributed by atoms with Crippen molar-refractivity contribution in [3.05, 3.63) is 0 Å². The Morgan fingerprint density at radius 1 is 1.67 bits per heavy atom. The van der Waals surface area contributed by atoms with Crippen LogP contribution in [-0.2, 0) is 0 Å². The average Bonchev–Trinajstić information content (AvgIpc) is 1.65. The smallest absolute Gasteiger partial charge is 0.166 e. The number of hydrogen-bond donors (Lipinski definition) is 1. The summed E-state index contributed by atoms with van der Waals surface area (Å²) in [4.78, 5) is 0. The van der Waals surface area contributed by atoms with Crippen LogP contribution in [0, 0.1) is 0 Å². The number of hydrogen-bond acceptors (Lipinski definition) is 1. The fraction of sp³-hybridized carbons (Fsp3) is 0.750. The van der Waals surface area contributed by atoms with E-state index < -0.39 is 0 Å². The van der Waals surface area contributed by atoms with Crippen molar-refractivity contribution in [2.75, 3.05) is 14.1 Å². The van der Waals surface area contributed by atoms with E-state index in [2.05, 4.69) is 5.43 Å². The van der Waals surface area contributed by atoms with E-state index in [-0.39, 0.29) is 0 Å². The molecule has 0 aliphatic rings. The molecule has 2 heteroatoms. The fourth-order valence-electron chi connectivity index (χ4n) is 0.129. The molecule has 0 radical (unpaired) electrons. The Morgan fingerprint density at radius 2 is 2.17 bits per heavy atom. The van der Waals surface area contributed by atoms with Crippen molar-refractivity contribution in [1.29, 1.82) is 0 Å². The number of hydrazone groups is 1. The molecule has 0 rings (SSSR count). The first-order chi connectivity index (χ1) is 2.81. The van der Waals surface area contributed by atoms with E-state index >= 15 is 0 Å². The predicted molar refractivity (Wildman–Crippen MR) is 27.0 cm³/mol.